The number of carboxylic acids is 1. The molecule has 0 radical (unpaired) electrons. The highest BCUT2D eigenvalue weighted by Crippen LogP contribution is 2.13. The fraction of sp³-hybridized carbons (Fsp3) is 0.846. The number of nitrogens with zero attached hydrogens (tertiary/aromatic N) is 3. The third kappa shape index (κ3) is 4.08. The van der Waals surface area contributed by atoms with Gasteiger partial charge >= 0.3 is 12.0 Å². The molecule has 0 aromatic rings. The standard InChI is InChI=1S/C13H23N3O4/c17-11-1-5-15(6-2-11)13(20)16-9-7-14(8-10-16)4-3-12(18)19/h11,17H,1-10H2,(H,18,19). The lowest BCUT2D eigenvalue weighted by Gasteiger charge is -2.39. The maximum atomic E-state index is 12.3. The highest BCUT2D eigenvalue weighted by Gasteiger charge is 2.27. The van der Waals surface area contributed by atoms with Crippen LogP contribution in [0, 0.1) is 0 Å². The van der Waals surface area contributed by atoms with Crippen molar-refractivity contribution >= 4 is 12.0 Å². The van der Waals surface area contributed by atoms with Gasteiger partial charge in [0.05, 0.1) is 12.5 Å². The van der Waals surface area contributed by atoms with E-state index in [-0.39, 0.29) is 18.6 Å². The molecule has 0 unspecified atom stereocenters. The van der Waals surface area contributed by atoms with Gasteiger partial charge in [0, 0.05) is 45.8 Å². The van der Waals surface area contributed by atoms with Gasteiger partial charge in [0.25, 0.3) is 0 Å². The molecule has 0 bridgehead atoms. The number of carbonyl (C=O) groups excluding carboxylic acids is 1. The van der Waals surface area contributed by atoms with Crippen LogP contribution in [0.5, 0.6) is 0 Å². The summed E-state index contributed by atoms with van der Waals surface area (Å²) in [7, 11) is 0. The topological polar surface area (TPSA) is 84.3 Å². The number of likely N-dealkylation sites (tertiary alicyclic amines) is 1. The molecule has 7 nitrogen and oxygen atoms in total. The predicted octanol–water partition coefficient (Wildman–Crippen LogP) is -0.345. The van der Waals surface area contributed by atoms with Crippen molar-refractivity contribution in [3.63, 3.8) is 0 Å². The van der Waals surface area contributed by atoms with Gasteiger partial charge < -0.3 is 20.0 Å². The van der Waals surface area contributed by atoms with E-state index >= 15 is 0 Å². The van der Waals surface area contributed by atoms with Crippen LogP contribution >= 0.6 is 0 Å². The van der Waals surface area contributed by atoms with Crippen molar-refractivity contribution in [2.24, 2.45) is 0 Å². The van der Waals surface area contributed by atoms with E-state index < -0.39 is 5.97 Å². The summed E-state index contributed by atoms with van der Waals surface area (Å²) in [4.78, 5) is 28.5. The van der Waals surface area contributed by atoms with Gasteiger partial charge in [-0.25, -0.2) is 4.79 Å². The first-order valence-electron chi connectivity index (χ1n) is 7.22. The van der Waals surface area contributed by atoms with Gasteiger partial charge in [-0.05, 0) is 12.8 Å². The third-order valence-electron chi connectivity index (χ3n) is 4.02. The van der Waals surface area contributed by atoms with Gasteiger partial charge in [-0.3, -0.25) is 9.69 Å². The number of hydrogen-bond donors (Lipinski definition) is 2. The highest BCUT2D eigenvalue weighted by molar-refractivity contribution is 5.74. The molecule has 20 heavy (non-hydrogen) atoms. The molecule has 2 aliphatic rings. The summed E-state index contributed by atoms with van der Waals surface area (Å²) in [5.41, 5.74) is 0. The molecule has 0 atom stereocenters. The van der Waals surface area contributed by atoms with Crippen molar-refractivity contribution in [1.29, 1.82) is 0 Å². The van der Waals surface area contributed by atoms with E-state index in [0.29, 0.717) is 45.6 Å². The molecular weight excluding hydrogens is 262 g/mol. The zero-order chi connectivity index (χ0) is 14.5. The Labute approximate surface area is 118 Å². The lowest BCUT2D eigenvalue weighted by Crippen LogP contribution is -2.54. The molecule has 2 rings (SSSR count). The molecule has 0 spiro atoms. The van der Waals surface area contributed by atoms with Crippen molar-refractivity contribution in [2.75, 3.05) is 45.8 Å². The minimum Gasteiger partial charge on any atom is -0.481 e. The second-order valence-electron chi connectivity index (χ2n) is 5.47. The maximum Gasteiger partial charge on any atom is 0.320 e. The number of carbonyl (C=O) groups is 2. The van der Waals surface area contributed by atoms with Crippen molar-refractivity contribution in [3.05, 3.63) is 0 Å². The summed E-state index contributed by atoms with van der Waals surface area (Å²) in [6.45, 7) is 4.56. The number of amides is 2. The van der Waals surface area contributed by atoms with Gasteiger partial charge in [0.2, 0.25) is 0 Å². The molecule has 114 valence electrons. The molecule has 0 saturated carbocycles. The number of rotatable bonds is 3. The molecule has 2 fully saturated rings. The predicted molar refractivity (Wildman–Crippen MR) is 72.5 cm³/mol. The molecule has 7 heteroatoms. The Bertz CT molecular complexity index is 348. The van der Waals surface area contributed by atoms with Crippen LogP contribution in [-0.4, -0.2) is 88.8 Å². The molecule has 2 saturated heterocycles. The first-order valence-corrected chi connectivity index (χ1v) is 7.22. The Morgan fingerprint density at radius 2 is 1.50 bits per heavy atom. The number of hydrogen-bond acceptors (Lipinski definition) is 4. The van der Waals surface area contributed by atoms with E-state index in [4.69, 9.17) is 5.11 Å². The van der Waals surface area contributed by atoms with Crippen LogP contribution in [-0.2, 0) is 4.79 Å². The highest BCUT2D eigenvalue weighted by atomic mass is 16.4. The van der Waals surface area contributed by atoms with E-state index in [1.165, 1.54) is 0 Å². The molecule has 0 aromatic heterocycles. The van der Waals surface area contributed by atoms with Crippen LogP contribution in [0.3, 0.4) is 0 Å². The van der Waals surface area contributed by atoms with Crippen molar-refractivity contribution < 1.29 is 19.8 Å². The summed E-state index contributed by atoms with van der Waals surface area (Å²) < 4.78 is 0. The summed E-state index contributed by atoms with van der Waals surface area (Å²) >= 11 is 0. The zero-order valence-electron chi connectivity index (χ0n) is 11.7. The average molecular weight is 285 g/mol. The molecule has 2 N–H and O–H groups in total. The Morgan fingerprint density at radius 1 is 0.950 bits per heavy atom. The summed E-state index contributed by atoms with van der Waals surface area (Å²) in [5, 5.41) is 18.1. The number of piperidine rings is 1. The van der Waals surface area contributed by atoms with Crippen molar-refractivity contribution in [3.8, 4) is 0 Å². The number of aliphatic hydroxyl groups excluding tert-OH is 1. The van der Waals surface area contributed by atoms with Gasteiger partial charge in [-0.1, -0.05) is 0 Å². The number of aliphatic carboxylic acids is 1. The fourth-order valence-corrected chi connectivity index (χ4v) is 2.67. The number of aliphatic hydroxyl groups is 1. The molecule has 0 aromatic carbocycles. The lowest BCUT2D eigenvalue weighted by atomic mass is 10.1. The van der Waals surface area contributed by atoms with Crippen LogP contribution in [0.15, 0.2) is 0 Å². The monoisotopic (exact) mass is 285 g/mol. The van der Waals surface area contributed by atoms with Crippen LogP contribution < -0.4 is 0 Å². The Hall–Kier alpha value is -1.34. The fourth-order valence-electron chi connectivity index (χ4n) is 2.67. The number of urea groups is 1. The minimum atomic E-state index is -0.782. The number of piperazine rings is 1. The van der Waals surface area contributed by atoms with Crippen LogP contribution in [0.4, 0.5) is 4.79 Å². The Kier molecular flexibility index (Phi) is 5.19. The minimum absolute atomic E-state index is 0.0507. The largest absolute Gasteiger partial charge is 0.481 e. The Balaban J connectivity index is 1.73. The summed E-state index contributed by atoms with van der Waals surface area (Å²) in [6, 6.07) is 0.0507. The SMILES string of the molecule is O=C(O)CCN1CCN(C(=O)N2CCC(O)CC2)CC1. The van der Waals surface area contributed by atoms with E-state index in [0.717, 1.165) is 13.1 Å². The molecular formula is C13H23N3O4. The molecule has 2 aliphatic heterocycles. The maximum absolute atomic E-state index is 12.3. The smallest absolute Gasteiger partial charge is 0.320 e. The lowest BCUT2D eigenvalue weighted by molar-refractivity contribution is -0.137. The first kappa shape index (κ1) is 15.1. The van der Waals surface area contributed by atoms with Crippen LogP contribution in [0.25, 0.3) is 0 Å². The third-order valence-corrected chi connectivity index (χ3v) is 4.02. The Morgan fingerprint density at radius 3 is 2.05 bits per heavy atom. The van der Waals surface area contributed by atoms with Crippen molar-refractivity contribution in [2.45, 2.75) is 25.4 Å². The molecule has 0 aliphatic carbocycles. The van der Waals surface area contributed by atoms with E-state index in [1.54, 1.807) is 4.90 Å². The molecule has 2 amide bonds. The molecule has 2 heterocycles. The second-order valence-corrected chi connectivity index (χ2v) is 5.47. The van der Waals surface area contributed by atoms with Crippen molar-refractivity contribution in [1.82, 2.24) is 14.7 Å². The normalized spacial score (nSPS) is 22.1. The zero-order valence-corrected chi connectivity index (χ0v) is 11.7. The van der Waals surface area contributed by atoms with Crippen LogP contribution in [0.1, 0.15) is 19.3 Å². The summed E-state index contributed by atoms with van der Waals surface area (Å²) in [6.07, 6.45) is 1.19. The average Bonchev–Trinajstić information content (AvgIpc) is 2.46. The van der Waals surface area contributed by atoms with E-state index in [9.17, 15) is 14.7 Å². The second kappa shape index (κ2) is 6.90. The van der Waals surface area contributed by atoms with Crippen LogP contribution in [0.2, 0.25) is 0 Å². The van der Waals surface area contributed by atoms with Gasteiger partial charge in [-0.15, -0.1) is 0 Å². The number of carboxylic acid groups (broad SMARTS) is 1. The quantitative estimate of drug-likeness (QED) is 0.741. The first-order chi connectivity index (χ1) is 9.56. The van der Waals surface area contributed by atoms with Gasteiger partial charge in [0.15, 0.2) is 0 Å². The van der Waals surface area contributed by atoms with E-state index in [2.05, 4.69) is 4.90 Å². The van der Waals surface area contributed by atoms with E-state index in [1.807, 2.05) is 4.90 Å². The summed E-state index contributed by atoms with van der Waals surface area (Å²) in [5.74, 6) is -0.782. The van der Waals surface area contributed by atoms with Gasteiger partial charge in [0.1, 0.15) is 0 Å². The van der Waals surface area contributed by atoms with Gasteiger partial charge in [-0.2, -0.15) is 0 Å².